The minimum absolute atomic E-state index is 0.126. The Kier molecular flexibility index (Phi) is 6.68. The molecule has 4 heterocycles. The minimum atomic E-state index is -4.57. The van der Waals surface area contributed by atoms with Gasteiger partial charge >= 0.3 is 11.9 Å². The van der Waals surface area contributed by atoms with Gasteiger partial charge in [-0.3, -0.25) is 13.9 Å². The number of hydrogen-bond acceptors (Lipinski definition) is 4. The topological polar surface area (TPSA) is 42.5 Å². The Balaban J connectivity index is 1.42. The SMILES string of the molecule is C[C@H]1CCCN(Cc2cc(C(F)(F)F)c3cn(-c4cccc([C@@H](c5nccs5)C5CCC5)c4)c(=O)n3c2)C1. The fourth-order valence-electron chi connectivity index (χ4n) is 6.08. The molecule has 6 rings (SSSR count). The highest BCUT2D eigenvalue weighted by Gasteiger charge is 2.35. The molecule has 38 heavy (non-hydrogen) atoms. The smallest absolute Gasteiger partial charge is 0.299 e. The van der Waals surface area contributed by atoms with Gasteiger partial charge in [0.15, 0.2) is 0 Å². The van der Waals surface area contributed by atoms with Crippen molar-refractivity contribution in [2.24, 2.45) is 11.8 Å². The summed E-state index contributed by atoms with van der Waals surface area (Å²) in [6, 6.07) is 8.85. The average molecular weight is 541 g/mol. The molecule has 2 aliphatic rings. The monoisotopic (exact) mass is 540 g/mol. The Morgan fingerprint density at radius 1 is 1.13 bits per heavy atom. The highest BCUT2D eigenvalue weighted by molar-refractivity contribution is 7.09. The van der Waals surface area contributed by atoms with Crippen LogP contribution in [0.5, 0.6) is 0 Å². The standard InChI is InChI=1S/C29H31F3N4OS/c1-19-5-4-11-34(15-19)16-20-13-24(29(30,31)32)25-18-35(28(37)36(25)17-20)23-9-3-8-22(14-23)26(21-6-2-7-21)27-33-10-12-38-27/h3,8-10,12-14,17-19,21,26H,2,4-7,11,15-16H2,1H3/t19-,26-/m0/s1. The van der Waals surface area contributed by atoms with Gasteiger partial charge in [-0.25, -0.2) is 9.78 Å². The van der Waals surface area contributed by atoms with Gasteiger partial charge in [-0.15, -0.1) is 11.3 Å². The average Bonchev–Trinajstić information content (AvgIpc) is 3.49. The molecule has 0 bridgehead atoms. The van der Waals surface area contributed by atoms with Gasteiger partial charge in [0.1, 0.15) is 5.01 Å². The maximum atomic E-state index is 14.2. The van der Waals surface area contributed by atoms with E-state index in [1.54, 1.807) is 29.8 Å². The third-order valence-corrected chi connectivity index (χ3v) is 8.98. The lowest BCUT2D eigenvalue weighted by molar-refractivity contribution is -0.136. The molecule has 0 N–H and O–H groups in total. The van der Waals surface area contributed by atoms with Gasteiger partial charge in [0, 0.05) is 43.0 Å². The van der Waals surface area contributed by atoms with Crippen LogP contribution < -0.4 is 5.69 Å². The molecule has 0 amide bonds. The molecular weight excluding hydrogens is 509 g/mol. The summed E-state index contributed by atoms with van der Waals surface area (Å²) in [5, 5.41) is 3.01. The Morgan fingerprint density at radius 2 is 1.97 bits per heavy atom. The van der Waals surface area contributed by atoms with Crippen molar-refractivity contribution in [1.29, 1.82) is 0 Å². The molecule has 1 saturated carbocycles. The highest BCUT2D eigenvalue weighted by atomic mass is 32.1. The first-order valence-corrected chi connectivity index (χ1v) is 14.2. The first kappa shape index (κ1) is 25.4. The molecule has 4 aromatic rings. The summed E-state index contributed by atoms with van der Waals surface area (Å²) >= 11 is 1.62. The van der Waals surface area contributed by atoms with E-state index in [4.69, 9.17) is 0 Å². The Bertz CT molecular complexity index is 1490. The Morgan fingerprint density at radius 3 is 2.66 bits per heavy atom. The van der Waals surface area contributed by atoms with Crippen LogP contribution in [0.4, 0.5) is 13.2 Å². The van der Waals surface area contributed by atoms with Gasteiger partial charge in [-0.1, -0.05) is 25.5 Å². The molecule has 5 nitrogen and oxygen atoms in total. The van der Waals surface area contributed by atoms with E-state index >= 15 is 0 Å². The van der Waals surface area contributed by atoms with Crippen molar-refractivity contribution < 1.29 is 13.2 Å². The number of benzene rings is 1. The fraction of sp³-hybridized carbons (Fsp3) is 0.448. The van der Waals surface area contributed by atoms with E-state index in [0.29, 0.717) is 29.6 Å². The zero-order chi connectivity index (χ0) is 26.4. The zero-order valence-electron chi connectivity index (χ0n) is 21.3. The molecule has 1 aromatic carbocycles. The molecule has 0 unspecified atom stereocenters. The number of likely N-dealkylation sites (tertiary alicyclic amines) is 1. The molecule has 0 radical (unpaired) electrons. The van der Waals surface area contributed by atoms with Gasteiger partial charge in [0.2, 0.25) is 0 Å². The van der Waals surface area contributed by atoms with E-state index in [-0.39, 0.29) is 11.4 Å². The molecule has 0 spiro atoms. The van der Waals surface area contributed by atoms with Crippen molar-refractivity contribution in [3.8, 4) is 5.69 Å². The number of halogens is 3. The second-order valence-electron chi connectivity index (χ2n) is 10.9. The van der Waals surface area contributed by atoms with Crippen LogP contribution >= 0.6 is 11.3 Å². The highest BCUT2D eigenvalue weighted by Crippen LogP contribution is 2.44. The Hall–Kier alpha value is -2.91. The van der Waals surface area contributed by atoms with Crippen LogP contribution in [0.2, 0.25) is 0 Å². The summed E-state index contributed by atoms with van der Waals surface area (Å²) in [7, 11) is 0. The van der Waals surface area contributed by atoms with E-state index in [0.717, 1.165) is 49.3 Å². The predicted molar refractivity (Wildman–Crippen MR) is 143 cm³/mol. The third-order valence-electron chi connectivity index (χ3n) is 8.12. The van der Waals surface area contributed by atoms with E-state index in [1.165, 1.54) is 27.7 Å². The molecule has 2 fully saturated rings. The molecular formula is C29H31F3N4OS. The van der Waals surface area contributed by atoms with Crippen LogP contribution in [0.3, 0.4) is 0 Å². The summed E-state index contributed by atoms with van der Waals surface area (Å²) in [6.07, 6.45) is 5.75. The maximum absolute atomic E-state index is 14.2. The van der Waals surface area contributed by atoms with Crippen LogP contribution in [0.25, 0.3) is 11.2 Å². The summed E-state index contributed by atoms with van der Waals surface area (Å²) in [6.45, 7) is 4.27. The first-order chi connectivity index (χ1) is 18.3. The number of pyridine rings is 1. The van der Waals surface area contributed by atoms with Crippen molar-refractivity contribution in [3.63, 3.8) is 0 Å². The van der Waals surface area contributed by atoms with Gasteiger partial charge in [-0.2, -0.15) is 13.2 Å². The van der Waals surface area contributed by atoms with Gasteiger partial charge in [-0.05, 0) is 73.4 Å². The second-order valence-corrected chi connectivity index (χ2v) is 11.8. The number of fused-ring (bicyclic) bond motifs is 1. The maximum Gasteiger partial charge on any atom is 0.418 e. The molecule has 1 saturated heterocycles. The third kappa shape index (κ3) is 4.82. The summed E-state index contributed by atoms with van der Waals surface area (Å²) in [5.41, 5.74) is 0.713. The molecule has 2 atom stereocenters. The zero-order valence-corrected chi connectivity index (χ0v) is 22.1. The quantitative estimate of drug-likeness (QED) is 0.272. The van der Waals surface area contributed by atoms with E-state index in [2.05, 4.69) is 16.8 Å². The lowest BCUT2D eigenvalue weighted by Crippen LogP contribution is -2.34. The lowest BCUT2D eigenvalue weighted by atomic mass is 9.73. The van der Waals surface area contributed by atoms with E-state index in [1.807, 2.05) is 23.6 Å². The number of thiazole rings is 1. The number of rotatable bonds is 6. The van der Waals surface area contributed by atoms with E-state index < -0.39 is 17.4 Å². The van der Waals surface area contributed by atoms with Crippen molar-refractivity contribution >= 4 is 16.9 Å². The summed E-state index contributed by atoms with van der Waals surface area (Å²) < 4.78 is 45.1. The number of imidazole rings is 1. The van der Waals surface area contributed by atoms with Crippen LogP contribution in [0.1, 0.15) is 66.6 Å². The van der Waals surface area contributed by atoms with Crippen LogP contribution in [-0.4, -0.2) is 31.9 Å². The number of nitrogens with zero attached hydrogens (tertiary/aromatic N) is 4. The van der Waals surface area contributed by atoms with Gasteiger partial charge < -0.3 is 0 Å². The normalized spacial score (nSPS) is 20.1. The molecule has 200 valence electrons. The molecule has 3 aromatic heterocycles. The second kappa shape index (κ2) is 10.0. The van der Waals surface area contributed by atoms with Crippen LogP contribution in [0, 0.1) is 11.8 Å². The van der Waals surface area contributed by atoms with E-state index in [9.17, 15) is 18.0 Å². The van der Waals surface area contributed by atoms with Crippen molar-refractivity contribution in [1.82, 2.24) is 18.9 Å². The van der Waals surface area contributed by atoms with Crippen molar-refractivity contribution in [3.05, 3.63) is 86.5 Å². The fourth-order valence-corrected chi connectivity index (χ4v) is 6.94. The lowest BCUT2D eigenvalue weighted by Gasteiger charge is -2.33. The number of piperidine rings is 1. The van der Waals surface area contributed by atoms with Crippen molar-refractivity contribution in [2.45, 2.75) is 57.7 Å². The van der Waals surface area contributed by atoms with Crippen LogP contribution in [-0.2, 0) is 12.7 Å². The van der Waals surface area contributed by atoms with Crippen LogP contribution in [0.15, 0.2) is 59.1 Å². The molecule has 1 aliphatic carbocycles. The number of hydrogen-bond donors (Lipinski definition) is 0. The number of aromatic nitrogens is 3. The van der Waals surface area contributed by atoms with Crippen molar-refractivity contribution in [2.75, 3.05) is 13.1 Å². The molecule has 1 aliphatic heterocycles. The summed E-state index contributed by atoms with van der Waals surface area (Å²) in [4.78, 5) is 20.3. The number of alkyl halides is 3. The predicted octanol–water partition coefficient (Wildman–Crippen LogP) is 6.73. The summed E-state index contributed by atoms with van der Waals surface area (Å²) in [5.74, 6) is 1.12. The minimum Gasteiger partial charge on any atom is -0.299 e. The Labute approximate surface area is 223 Å². The van der Waals surface area contributed by atoms with Gasteiger partial charge in [0.25, 0.3) is 0 Å². The van der Waals surface area contributed by atoms with Gasteiger partial charge in [0.05, 0.1) is 16.8 Å². The largest absolute Gasteiger partial charge is 0.418 e. The first-order valence-electron chi connectivity index (χ1n) is 13.3. The molecule has 9 heteroatoms.